The molecular formula is C24H27N3O4S2. The van der Waals surface area contributed by atoms with Crippen LogP contribution in [0.4, 0.5) is 16.2 Å². The number of aldehydes is 1. The highest BCUT2D eigenvalue weighted by Gasteiger charge is 2.39. The fourth-order valence-electron chi connectivity index (χ4n) is 3.51. The van der Waals surface area contributed by atoms with E-state index < -0.39 is 5.25 Å². The van der Waals surface area contributed by atoms with Crippen molar-refractivity contribution in [2.24, 2.45) is 0 Å². The topological polar surface area (TPSA) is 95.6 Å². The van der Waals surface area contributed by atoms with Crippen LogP contribution in [0, 0.1) is 0 Å². The Labute approximate surface area is 202 Å². The lowest BCUT2D eigenvalue weighted by molar-refractivity contribution is -0.127. The molecule has 1 saturated heterocycles. The highest BCUT2D eigenvalue weighted by Crippen LogP contribution is 2.30. The number of hydrogen-bond acceptors (Lipinski definition) is 7. The van der Waals surface area contributed by atoms with Crippen molar-refractivity contribution in [3.8, 4) is 0 Å². The number of rotatable bonds is 11. The summed E-state index contributed by atoms with van der Waals surface area (Å²) in [4.78, 5) is 49.8. The maximum absolute atomic E-state index is 12.7. The number of carbonyl (C=O) groups excluding carboxylic acids is 4. The van der Waals surface area contributed by atoms with Crippen LogP contribution >= 0.6 is 23.7 Å². The number of nitrogens with one attached hydrogen (secondary N) is 2. The van der Waals surface area contributed by atoms with Gasteiger partial charge in [-0.25, -0.2) is 0 Å². The molecule has 1 heterocycles. The molecule has 3 rings (SSSR count). The zero-order chi connectivity index (χ0) is 23.8. The highest BCUT2D eigenvalue weighted by atomic mass is 32.2. The van der Waals surface area contributed by atoms with Gasteiger partial charge in [-0.3, -0.25) is 24.1 Å². The maximum atomic E-state index is 12.7. The zero-order valence-corrected chi connectivity index (χ0v) is 20.3. The van der Waals surface area contributed by atoms with Crippen LogP contribution in [0.5, 0.6) is 0 Å². The number of benzene rings is 2. The Morgan fingerprint density at radius 2 is 1.88 bits per heavy atom. The lowest BCUT2D eigenvalue weighted by Crippen LogP contribution is -2.33. The Morgan fingerprint density at radius 3 is 2.55 bits per heavy atom. The average molecular weight is 486 g/mol. The number of carbonyl (C=O) groups is 4. The number of thioether (sulfide) groups is 1. The molecule has 174 valence electrons. The molecule has 1 fully saturated rings. The molecule has 2 aromatic rings. The molecule has 0 aromatic heterocycles. The molecule has 2 aromatic carbocycles. The number of amides is 3. The molecular weight excluding hydrogens is 458 g/mol. The first-order valence-corrected chi connectivity index (χ1v) is 12.8. The quantitative estimate of drug-likeness (QED) is 0.349. The van der Waals surface area contributed by atoms with Gasteiger partial charge >= 0.3 is 0 Å². The summed E-state index contributed by atoms with van der Waals surface area (Å²) >= 11 is 2.41. The van der Waals surface area contributed by atoms with E-state index in [0.29, 0.717) is 29.8 Å². The van der Waals surface area contributed by atoms with Gasteiger partial charge in [-0.05, 0) is 48.6 Å². The summed E-state index contributed by atoms with van der Waals surface area (Å²) in [5.74, 6) is -0.412. The predicted molar refractivity (Wildman–Crippen MR) is 135 cm³/mol. The van der Waals surface area contributed by atoms with Crippen molar-refractivity contribution in [2.75, 3.05) is 22.8 Å². The van der Waals surface area contributed by atoms with Crippen LogP contribution < -0.4 is 10.0 Å². The third kappa shape index (κ3) is 6.61. The average Bonchev–Trinajstić information content (AvgIpc) is 3.07. The summed E-state index contributed by atoms with van der Waals surface area (Å²) < 4.78 is 3.01. The number of anilines is 2. The fourth-order valence-corrected chi connectivity index (χ4v) is 4.96. The summed E-state index contributed by atoms with van der Waals surface area (Å²) in [6.07, 6.45) is 4.61. The van der Waals surface area contributed by atoms with E-state index >= 15 is 0 Å². The Balaban J connectivity index is 1.49. The van der Waals surface area contributed by atoms with E-state index in [-0.39, 0.29) is 30.0 Å². The minimum atomic E-state index is -0.419. The van der Waals surface area contributed by atoms with Crippen LogP contribution in [-0.4, -0.2) is 46.3 Å². The molecule has 0 bridgehead atoms. The second kappa shape index (κ2) is 11.9. The molecule has 0 spiro atoms. The molecule has 0 saturated carbocycles. The van der Waals surface area contributed by atoms with Crippen molar-refractivity contribution in [1.29, 1.82) is 0 Å². The van der Waals surface area contributed by atoms with Crippen LogP contribution in [0.25, 0.3) is 0 Å². The Kier molecular flexibility index (Phi) is 8.96. The van der Waals surface area contributed by atoms with Crippen LogP contribution in [0.2, 0.25) is 0 Å². The van der Waals surface area contributed by atoms with Crippen molar-refractivity contribution in [3.05, 3.63) is 59.2 Å². The van der Waals surface area contributed by atoms with Gasteiger partial charge in [0.2, 0.25) is 11.8 Å². The fraction of sp³-hybridized carbons (Fsp3) is 0.333. The zero-order valence-electron chi connectivity index (χ0n) is 18.6. The van der Waals surface area contributed by atoms with Crippen LogP contribution in [-0.2, 0) is 22.4 Å². The molecule has 33 heavy (non-hydrogen) atoms. The SMILES string of the molecule is CCc1ccc(CC2SC(=O)N(CCCC(=O)Nc3ccc(C=O)c(NSC)c3)C2=O)cc1. The number of imide groups is 1. The van der Waals surface area contributed by atoms with Gasteiger partial charge in [0.05, 0.1) is 10.9 Å². The largest absolute Gasteiger partial charge is 0.329 e. The Bertz CT molecular complexity index is 1030. The van der Waals surface area contributed by atoms with Gasteiger partial charge in [-0.2, -0.15) is 0 Å². The first-order valence-electron chi connectivity index (χ1n) is 10.7. The molecule has 0 radical (unpaired) electrons. The number of nitrogens with zero attached hydrogens (tertiary/aromatic N) is 1. The number of aryl methyl sites for hydroxylation is 1. The smallest absolute Gasteiger partial charge is 0.289 e. The second-order valence-electron chi connectivity index (χ2n) is 7.61. The van der Waals surface area contributed by atoms with Crippen molar-refractivity contribution in [1.82, 2.24) is 4.90 Å². The second-order valence-corrected chi connectivity index (χ2v) is 9.38. The van der Waals surface area contributed by atoms with Crippen molar-refractivity contribution in [3.63, 3.8) is 0 Å². The van der Waals surface area contributed by atoms with E-state index in [1.807, 2.05) is 30.5 Å². The summed E-state index contributed by atoms with van der Waals surface area (Å²) in [6.45, 7) is 2.30. The van der Waals surface area contributed by atoms with E-state index in [4.69, 9.17) is 0 Å². The molecule has 1 aliphatic heterocycles. The van der Waals surface area contributed by atoms with Gasteiger partial charge in [-0.15, -0.1) is 0 Å². The van der Waals surface area contributed by atoms with Crippen LogP contribution in [0.3, 0.4) is 0 Å². The molecule has 2 N–H and O–H groups in total. The van der Waals surface area contributed by atoms with Gasteiger partial charge in [0.1, 0.15) is 0 Å². The molecule has 1 unspecified atom stereocenters. The van der Waals surface area contributed by atoms with E-state index in [9.17, 15) is 19.2 Å². The molecule has 0 aliphatic carbocycles. The Morgan fingerprint density at radius 1 is 1.15 bits per heavy atom. The molecule has 7 nitrogen and oxygen atoms in total. The third-order valence-corrected chi connectivity index (χ3v) is 6.82. The monoisotopic (exact) mass is 485 g/mol. The lowest BCUT2D eigenvalue weighted by atomic mass is 10.1. The van der Waals surface area contributed by atoms with Gasteiger partial charge in [0, 0.05) is 30.5 Å². The standard InChI is InChI=1S/C24H27N3O4S2/c1-3-16-6-8-17(9-7-16)13-21-23(30)27(24(31)33-21)12-4-5-22(29)25-19-11-10-18(15-28)20(14-19)26-32-2/h6-11,14-15,21,26H,3-5,12-13H2,1-2H3,(H,25,29). The van der Waals surface area contributed by atoms with E-state index in [0.717, 1.165) is 30.0 Å². The summed E-state index contributed by atoms with van der Waals surface area (Å²) in [5.41, 5.74) is 3.96. The first kappa shape index (κ1) is 24.9. The van der Waals surface area contributed by atoms with Crippen LogP contribution in [0.1, 0.15) is 41.3 Å². The van der Waals surface area contributed by atoms with Gasteiger partial charge in [0.15, 0.2) is 6.29 Å². The number of hydrogen-bond donors (Lipinski definition) is 2. The molecule has 1 aliphatic rings. The summed E-state index contributed by atoms with van der Waals surface area (Å²) in [5, 5.41) is 2.12. The highest BCUT2D eigenvalue weighted by molar-refractivity contribution is 8.15. The summed E-state index contributed by atoms with van der Waals surface area (Å²) in [7, 11) is 0. The minimum Gasteiger partial charge on any atom is -0.329 e. The normalized spacial score (nSPS) is 15.6. The Hall–Kier alpha value is -2.78. The van der Waals surface area contributed by atoms with Crippen molar-refractivity contribution >= 4 is 58.4 Å². The minimum absolute atomic E-state index is 0.172. The van der Waals surface area contributed by atoms with Gasteiger partial charge in [-0.1, -0.05) is 54.9 Å². The predicted octanol–water partition coefficient (Wildman–Crippen LogP) is 4.78. The van der Waals surface area contributed by atoms with Gasteiger partial charge < -0.3 is 10.0 Å². The summed E-state index contributed by atoms with van der Waals surface area (Å²) in [6, 6.07) is 13.1. The molecule has 3 amide bonds. The van der Waals surface area contributed by atoms with E-state index in [1.54, 1.807) is 18.2 Å². The van der Waals surface area contributed by atoms with Gasteiger partial charge in [0.25, 0.3) is 5.24 Å². The van der Waals surface area contributed by atoms with Crippen molar-refractivity contribution in [2.45, 2.75) is 37.9 Å². The lowest BCUT2D eigenvalue weighted by Gasteiger charge is -2.14. The maximum Gasteiger partial charge on any atom is 0.289 e. The van der Waals surface area contributed by atoms with E-state index in [2.05, 4.69) is 17.0 Å². The van der Waals surface area contributed by atoms with Crippen LogP contribution in [0.15, 0.2) is 42.5 Å². The molecule has 9 heteroatoms. The van der Waals surface area contributed by atoms with Crippen molar-refractivity contribution < 1.29 is 19.2 Å². The third-order valence-electron chi connectivity index (χ3n) is 5.32. The first-order chi connectivity index (χ1) is 15.9. The molecule has 1 atom stereocenters. The van der Waals surface area contributed by atoms with E-state index in [1.165, 1.54) is 22.4 Å².